The van der Waals surface area contributed by atoms with Crippen molar-refractivity contribution >= 4 is 25.4 Å². The van der Waals surface area contributed by atoms with Crippen LogP contribution in [-0.2, 0) is 32.9 Å². The van der Waals surface area contributed by atoms with Gasteiger partial charge in [0.1, 0.15) is 17.9 Å². The maximum atomic E-state index is 15.2. The first kappa shape index (κ1) is 34.0. The number of halogens is 2. The number of nitrogens with two attached hydrogens (primary N) is 1. The van der Waals surface area contributed by atoms with E-state index in [4.69, 9.17) is 30.0 Å². The molecule has 2 rings (SSSR count). The minimum atomic E-state index is -4.64. The highest BCUT2D eigenvalue weighted by Crippen LogP contribution is 2.50. The Bertz CT molecular complexity index is 1240. The molecule has 1 fully saturated rings. The molecule has 17 nitrogen and oxygen atoms in total. The third-order valence-corrected chi connectivity index (χ3v) is 7.29. The van der Waals surface area contributed by atoms with Crippen LogP contribution < -0.4 is 21.6 Å². The molecule has 1 saturated heterocycles. The molecule has 2 heterocycles. The van der Waals surface area contributed by atoms with Gasteiger partial charge < -0.3 is 29.6 Å². The van der Waals surface area contributed by atoms with Gasteiger partial charge in [0.05, 0.1) is 18.8 Å². The summed E-state index contributed by atoms with van der Waals surface area (Å²) in [5.41, 5.74) is 10.3. The van der Waals surface area contributed by atoms with Crippen molar-refractivity contribution in [1.29, 1.82) is 0 Å². The van der Waals surface area contributed by atoms with Crippen LogP contribution in [0, 0.1) is 0 Å². The second-order valence-electron chi connectivity index (χ2n) is 9.62. The summed E-state index contributed by atoms with van der Waals surface area (Å²) < 4.78 is 65.2. The van der Waals surface area contributed by atoms with E-state index in [1.165, 1.54) is 13.8 Å². The SMILES string of the molecule is CC(C)OC(=O)[C@H](C)NP(=O)(N[C@@H](C)C(=O)OC(C)C)OC[C@@]1(N=[N+]=[N-])O[C@@H](n2ccc(N)nc2=O)C(F)(F)[C@@H]1O. The molecule has 0 radical (unpaired) electrons. The topological polar surface area (TPSA) is 242 Å². The predicted octanol–water partition coefficient (Wildman–Crippen LogP) is 1.34. The van der Waals surface area contributed by atoms with Gasteiger partial charge in [-0.05, 0) is 53.1 Å². The van der Waals surface area contributed by atoms with Crippen molar-refractivity contribution in [3.05, 3.63) is 33.2 Å². The van der Waals surface area contributed by atoms with Gasteiger partial charge in [-0.3, -0.25) is 18.7 Å². The third kappa shape index (κ3) is 8.19. The van der Waals surface area contributed by atoms with Gasteiger partial charge in [-0.25, -0.2) is 15.0 Å². The molecule has 0 bridgehead atoms. The fourth-order valence-electron chi connectivity index (χ4n) is 3.49. The highest BCUT2D eigenvalue weighted by Gasteiger charge is 2.67. The van der Waals surface area contributed by atoms with Crippen LogP contribution in [0.4, 0.5) is 14.6 Å². The smallest absolute Gasteiger partial charge is 0.351 e. The first-order valence-electron chi connectivity index (χ1n) is 12.2. The number of azide groups is 1. The number of rotatable bonds is 13. The summed E-state index contributed by atoms with van der Waals surface area (Å²) in [4.78, 5) is 42.7. The molecule has 5 N–H and O–H groups in total. The molecule has 5 atom stereocenters. The number of nitrogens with zero attached hydrogens (tertiary/aromatic N) is 5. The van der Waals surface area contributed by atoms with Crippen LogP contribution in [0.25, 0.3) is 10.4 Å². The largest absolute Gasteiger partial charge is 0.462 e. The van der Waals surface area contributed by atoms with Gasteiger partial charge in [0.2, 0.25) is 12.0 Å². The maximum absolute atomic E-state index is 15.2. The zero-order chi connectivity index (χ0) is 31.3. The molecule has 1 aromatic heterocycles. The van der Waals surface area contributed by atoms with Gasteiger partial charge in [0, 0.05) is 11.1 Å². The Labute approximate surface area is 232 Å². The van der Waals surface area contributed by atoms with Crippen LogP contribution in [0.5, 0.6) is 0 Å². The number of aliphatic hydroxyl groups is 1. The van der Waals surface area contributed by atoms with E-state index in [1.807, 2.05) is 0 Å². The molecule has 0 saturated carbocycles. The Morgan fingerprint density at radius 2 is 1.73 bits per heavy atom. The number of aliphatic hydroxyl groups excluding tert-OH is 1. The molecular weight excluding hydrogens is 577 g/mol. The Morgan fingerprint density at radius 3 is 2.17 bits per heavy atom. The third-order valence-electron chi connectivity index (χ3n) is 5.35. The van der Waals surface area contributed by atoms with Crippen molar-refractivity contribution in [3.8, 4) is 0 Å². The molecule has 1 aliphatic heterocycles. The molecule has 230 valence electrons. The van der Waals surface area contributed by atoms with Crippen molar-refractivity contribution in [1.82, 2.24) is 19.7 Å². The monoisotopic (exact) mass is 610 g/mol. The Hall–Kier alpha value is -3.18. The molecule has 0 amide bonds. The van der Waals surface area contributed by atoms with E-state index in [2.05, 4.69) is 25.2 Å². The Kier molecular flexibility index (Phi) is 11.0. The van der Waals surface area contributed by atoms with E-state index in [1.54, 1.807) is 27.7 Å². The summed E-state index contributed by atoms with van der Waals surface area (Å²) in [5.74, 6) is -6.34. The number of hydrogen-bond donors (Lipinski definition) is 4. The van der Waals surface area contributed by atoms with E-state index in [9.17, 15) is 24.1 Å². The number of aromatic nitrogens is 2. The lowest BCUT2D eigenvalue weighted by Crippen LogP contribution is -2.49. The number of nitrogens with one attached hydrogen (secondary N) is 2. The van der Waals surface area contributed by atoms with E-state index in [-0.39, 0.29) is 5.82 Å². The van der Waals surface area contributed by atoms with Crippen molar-refractivity contribution in [3.63, 3.8) is 0 Å². The maximum Gasteiger partial charge on any atom is 0.351 e. The van der Waals surface area contributed by atoms with Gasteiger partial charge in [-0.1, -0.05) is 5.11 Å². The van der Waals surface area contributed by atoms with Gasteiger partial charge in [-0.15, -0.1) is 0 Å². The summed E-state index contributed by atoms with van der Waals surface area (Å²) in [6.45, 7) is 7.40. The van der Waals surface area contributed by atoms with Gasteiger partial charge in [0.25, 0.3) is 0 Å². The average molecular weight is 611 g/mol. The lowest BCUT2D eigenvalue weighted by molar-refractivity contribution is -0.149. The second-order valence-corrected chi connectivity index (χ2v) is 11.5. The lowest BCUT2D eigenvalue weighted by Gasteiger charge is -2.31. The molecule has 0 aromatic carbocycles. The molecule has 41 heavy (non-hydrogen) atoms. The Morgan fingerprint density at radius 1 is 1.22 bits per heavy atom. The Balaban J connectivity index is 2.45. The van der Waals surface area contributed by atoms with Crippen molar-refractivity contribution in [2.24, 2.45) is 5.11 Å². The minimum absolute atomic E-state index is 0.286. The van der Waals surface area contributed by atoms with Gasteiger partial charge >= 0.3 is 31.2 Å². The summed E-state index contributed by atoms with van der Waals surface area (Å²) in [5, 5.41) is 18.3. The summed E-state index contributed by atoms with van der Waals surface area (Å²) in [7, 11) is -4.64. The number of anilines is 1. The second kappa shape index (κ2) is 13.2. The first-order chi connectivity index (χ1) is 18.9. The van der Waals surface area contributed by atoms with Crippen molar-refractivity contribution in [2.45, 2.75) is 89.8 Å². The molecule has 0 spiro atoms. The number of nitrogen functional groups attached to an aromatic ring is 1. The molecule has 1 aliphatic rings. The molecule has 20 heteroatoms. The molecule has 0 unspecified atom stereocenters. The normalized spacial score (nSPS) is 23.6. The number of carbonyl (C=O) groups is 2. The molecular formula is C21H33F2N8O9P. The van der Waals surface area contributed by atoms with E-state index in [0.717, 1.165) is 12.3 Å². The van der Waals surface area contributed by atoms with Crippen molar-refractivity contribution in [2.75, 3.05) is 12.3 Å². The van der Waals surface area contributed by atoms with Crippen molar-refractivity contribution < 1.29 is 46.8 Å². The summed E-state index contributed by atoms with van der Waals surface area (Å²) in [6.07, 6.45) is -5.80. The highest BCUT2D eigenvalue weighted by atomic mass is 31.2. The fraction of sp³-hybridized carbons (Fsp3) is 0.714. The number of hydrogen-bond acceptors (Lipinski definition) is 12. The summed E-state index contributed by atoms with van der Waals surface area (Å²) >= 11 is 0. The van der Waals surface area contributed by atoms with Crippen LogP contribution in [0.2, 0.25) is 0 Å². The standard InChI is InChI=1S/C21H33F2N8O9P/c1-10(2)38-15(32)12(5)27-41(36,28-13(6)16(33)39-11(3)4)37-9-20(29-30-25)17(34)21(22,23)18(40-20)31-8-7-14(24)26-19(31)35/h7-8,10-13,17-18,34H,9H2,1-6H3,(H2,24,26,35)(H2,27,28,36)/t12-,13-,17+,18+,20+/m0/s1. The van der Waals surface area contributed by atoms with Crippen LogP contribution in [0.3, 0.4) is 0 Å². The quantitative estimate of drug-likeness (QED) is 0.0811. The molecule has 0 aliphatic carbocycles. The zero-order valence-corrected chi connectivity index (χ0v) is 24.0. The number of ether oxygens (including phenoxy) is 3. The number of carbonyl (C=O) groups excluding carboxylic acids is 2. The first-order valence-corrected chi connectivity index (χ1v) is 13.9. The zero-order valence-electron chi connectivity index (χ0n) is 23.1. The average Bonchev–Trinajstić information content (AvgIpc) is 3.03. The van der Waals surface area contributed by atoms with Gasteiger partial charge in [-0.2, -0.15) is 13.8 Å². The number of alkyl halides is 2. The molecule has 1 aromatic rings. The summed E-state index contributed by atoms with van der Waals surface area (Å²) in [6, 6.07) is -1.68. The predicted molar refractivity (Wildman–Crippen MR) is 137 cm³/mol. The highest BCUT2D eigenvalue weighted by molar-refractivity contribution is 7.54. The van der Waals surface area contributed by atoms with Crippen LogP contribution >= 0.6 is 7.67 Å². The lowest BCUT2D eigenvalue weighted by atomic mass is 10.1. The number of esters is 2. The fourth-order valence-corrected chi connectivity index (χ4v) is 5.31. The van der Waals surface area contributed by atoms with E-state index < -0.39 is 80.2 Å². The van der Waals surface area contributed by atoms with Gasteiger partial charge in [0.15, 0.2) is 6.10 Å². The van der Waals surface area contributed by atoms with E-state index >= 15 is 8.78 Å². The van der Waals surface area contributed by atoms with Crippen LogP contribution in [-0.4, -0.2) is 75.2 Å². The van der Waals surface area contributed by atoms with E-state index in [0.29, 0.717) is 4.57 Å². The minimum Gasteiger partial charge on any atom is -0.462 e. The van der Waals surface area contributed by atoms with Crippen LogP contribution in [0.1, 0.15) is 47.8 Å². The van der Waals surface area contributed by atoms with Crippen LogP contribution in [0.15, 0.2) is 22.2 Å².